The van der Waals surface area contributed by atoms with E-state index in [9.17, 15) is 0 Å². The molecule has 0 bridgehead atoms. The summed E-state index contributed by atoms with van der Waals surface area (Å²) >= 11 is 0. The zero-order chi connectivity index (χ0) is 10.3. The predicted molar refractivity (Wildman–Crippen MR) is 56.8 cm³/mol. The van der Waals surface area contributed by atoms with Gasteiger partial charge in [0.1, 0.15) is 12.2 Å². The number of hydrogen-bond donors (Lipinski definition) is 1. The van der Waals surface area contributed by atoms with Crippen LogP contribution in [0.4, 0.5) is 0 Å². The molecule has 1 N–H and O–H groups in total. The highest BCUT2D eigenvalue weighted by Gasteiger charge is 2.02. The van der Waals surface area contributed by atoms with Crippen LogP contribution >= 0.6 is 0 Å². The molecule has 0 amide bonds. The summed E-state index contributed by atoms with van der Waals surface area (Å²) in [5.74, 6) is 0.880. The fourth-order valence-corrected chi connectivity index (χ4v) is 1.67. The lowest BCUT2D eigenvalue weighted by molar-refractivity contribution is 0.971. The zero-order valence-electron chi connectivity index (χ0n) is 8.23. The van der Waals surface area contributed by atoms with Crippen LogP contribution in [0.15, 0.2) is 30.7 Å². The number of aryl methyl sites for hydroxylation is 1. The van der Waals surface area contributed by atoms with E-state index in [1.54, 1.807) is 6.33 Å². The average Bonchev–Trinajstić information content (AvgIpc) is 2.84. The summed E-state index contributed by atoms with van der Waals surface area (Å²) in [6.45, 7) is 1.93. The summed E-state index contributed by atoms with van der Waals surface area (Å²) in [6.07, 6.45) is 3.52. The van der Waals surface area contributed by atoms with Gasteiger partial charge < -0.3 is 4.98 Å². The second kappa shape index (κ2) is 2.95. The minimum absolute atomic E-state index is 0.880. The molecule has 0 aliphatic carbocycles. The second-order valence-corrected chi connectivity index (χ2v) is 3.41. The molecule has 1 radical (unpaired) electrons. The normalized spacial score (nSPS) is 11.0. The quantitative estimate of drug-likeness (QED) is 0.647. The Hall–Kier alpha value is -2.10. The van der Waals surface area contributed by atoms with Crippen molar-refractivity contribution < 1.29 is 0 Å². The molecular formula is C11H9N4. The molecule has 3 aromatic rings. The van der Waals surface area contributed by atoms with E-state index in [-0.39, 0.29) is 0 Å². The minimum atomic E-state index is 0.880. The Bertz CT molecular complexity index is 606. The van der Waals surface area contributed by atoms with Gasteiger partial charge in [-0.25, -0.2) is 0 Å². The van der Waals surface area contributed by atoms with Crippen LogP contribution in [0, 0.1) is 13.0 Å². The Morgan fingerprint density at radius 3 is 3.13 bits per heavy atom. The number of nitrogens with one attached hydrogen (secondary N) is 1. The van der Waals surface area contributed by atoms with Crippen LogP contribution in [0.2, 0.25) is 0 Å². The van der Waals surface area contributed by atoms with Crippen molar-refractivity contribution in [2.75, 3.05) is 0 Å². The molecule has 0 saturated heterocycles. The molecule has 0 fully saturated rings. The van der Waals surface area contributed by atoms with E-state index >= 15 is 0 Å². The van der Waals surface area contributed by atoms with Crippen LogP contribution in [0.1, 0.15) is 5.82 Å². The third-order valence-electron chi connectivity index (χ3n) is 2.45. The first-order chi connectivity index (χ1) is 7.34. The Balaban J connectivity index is 2.23. The molecule has 2 aromatic heterocycles. The molecular weight excluding hydrogens is 188 g/mol. The number of aromatic nitrogens is 4. The first-order valence-electron chi connectivity index (χ1n) is 4.70. The van der Waals surface area contributed by atoms with E-state index in [0.717, 1.165) is 22.4 Å². The van der Waals surface area contributed by atoms with Crippen LogP contribution in [-0.4, -0.2) is 19.7 Å². The average molecular weight is 197 g/mol. The van der Waals surface area contributed by atoms with Gasteiger partial charge in [0, 0.05) is 28.9 Å². The van der Waals surface area contributed by atoms with Crippen molar-refractivity contribution in [1.29, 1.82) is 0 Å². The highest BCUT2D eigenvalue weighted by Crippen LogP contribution is 2.17. The summed E-state index contributed by atoms with van der Waals surface area (Å²) in [5, 5.41) is 8.89. The van der Waals surface area contributed by atoms with E-state index in [4.69, 9.17) is 0 Å². The van der Waals surface area contributed by atoms with Gasteiger partial charge in [0.2, 0.25) is 0 Å². The highest BCUT2D eigenvalue weighted by atomic mass is 15.3. The van der Waals surface area contributed by atoms with E-state index in [1.807, 2.05) is 29.8 Å². The predicted octanol–water partition coefficient (Wildman–Crippen LogP) is 1.86. The molecule has 2 heterocycles. The van der Waals surface area contributed by atoms with Gasteiger partial charge >= 0.3 is 0 Å². The van der Waals surface area contributed by atoms with Gasteiger partial charge in [0.25, 0.3) is 0 Å². The molecule has 0 aliphatic rings. The van der Waals surface area contributed by atoms with Crippen LogP contribution in [0.25, 0.3) is 16.6 Å². The lowest BCUT2D eigenvalue weighted by Gasteiger charge is -2.03. The molecule has 0 spiro atoms. The zero-order valence-corrected chi connectivity index (χ0v) is 8.23. The van der Waals surface area contributed by atoms with Crippen molar-refractivity contribution in [3.8, 4) is 5.69 Å². The molecule has 1 aromatic carbocycles. The molecule has 0 aliphatic heterocycles. The standard InChI is InChI=1S/C11H9N4/c1-8-14-13-7-15(8)10-2-3-11-9(6-10)4-5-12-11/h2-3,5-7,12H,1H3. The van der Waals surface area contributed by atoms with Crippen molar-refractivity contribution in [3.05, 3.63) is 42.6 Å². The van der Waals surface area contributed by atoms with E-state index < -0.39 is 0 Å². The molecule has 73 valence electrons. The molecule has 0 saturated carbocycles. The van der Waals surface area contributed by atoms with Crippen LogP contribution in [0.5, 0.6) is 0 Å². The van der Waals surface area contributed by atoms with Gasteiger partial charge in [0.05, 0.1) is 0 Å². The van der Waals surface area contributed by atoms with Gasteiger partial charge in [-0.05, 0) is 25.1 Å². The maximum absolute atomic E-state index is 3.96. The van der Waals surface area contributed by atoms with Crippen molar-refractivity contribution in [1.82, 2.24) is 19.7 Å². The number of aromatic amines is 1. The number of hydrogen-bond acceptors (Lipinski definition) is 2. The van der Waals surface area contributed by atoms with Crippen LogP contribution < -0.4 is 0 Å². The summed E-state index contributed by atoms with van der Waals surface area (Å²) in [6, 6.07) is 9.25. The summed E-state index contributed by atoms with van der Waals surface area (Å²) in [4.78, 5) is 3.11. The Kier molecular flexibility index (Phi) is 1.62. The molecule has 15 heavy (non-hydrogen) atoms. The Morgan fingerprint density at radius 1 is 1.40 bits per heavy atom. The van der Waals surface area contributed by atoms with Crippen molar-refractivity contribution >= 4 is 10.9 Å². The van der Waals surface area contributed by atoms with Crippen molar-refractivity contribution in [2.45, 2.75) is 6.92 Å². The number of nitrogens with zero attached hydrogens (tertiary/aromatic N) is 3. The van der Waals surface area contributed by atoms with Gasteiger partial charge in [-0.15, -0.1) is 10.2 Å². The van der Waals surface area contributed by atoms with E-state index in [1.165, 1.54) is 0 Å². The number of H-pyrrole nitrogens is 1. The van der Waals surface area contributed by atoms with Gasteiger partial charge in [-0.2, -0.15) is 0 Å². The molecule has 4 heteroatoms. The summed E-state index contributed by atoms with van der Waals surface area (Å²) < 4.78 is 1.94. The first kappa shape index (κ1) is 8.23. The first-order valence-corrected chi connectivity index (χ1v) is 4.70. The second-order valence-electron chi connectivity index (χ2n) is 3.41. The molecule has 4 nitrogen and oxygen atoms in total. The number of rotatable bonds is 1. The summed E-state index contributed by atoms with van der Waals surface area (Å²) in [7, 11) is 0. The largest absolute Gasteiger partial charge is 0.361 e. The van der Waals surface area contributed by atoms with Crippen LogP contribution in [-0.2, 0) is 0 Å². The highest BCUT2D eigenvalue weighted by molar-refractivity contribution is 5.80. The van der Waals surface area contributed by atoms with Gasteiger partial charge in [0.15, 0.2) is 0 Å². The SMILES string of the molecule is Cc1nncn1-c1ccc2[nH]c[c]c2c1. The molecule has 0 atom stereocenters. The van der Waals surface area contributed by atoms with Crippen molar-refractivity contribution in [2.24, 2.45) is 0 Å². The van der Waals surface area contributed by atoms with Gasteiger partial charge in [-0.3, -0.25) is 4.57 Å². The topological polar surface area (TPSA) is 46.5 Å². The summed E-state index contributed by atoms with van der Waals surface area (Å²) in [5.41, 5.74) is 2.14. The fourth-order valence-electron chi connectivity index (χ4n) is 1.67. The maximum atomic E-state index is 3.96. The van der Waals surface area contributed by atoms with Crippen molar-refractivity contribution in [3.63, 3.8) is 0 Å². The number of benzene rings is 1. The number of fused-ring (bicyclic) bond motifs is 1. The Labute approximate surface area is 86.6 Å². The van der Waals surface area contributed by atoms with E-state index in [2.05, 4.69) is 27.3 Å². The van der Waals surface area contributed by atoms with Gasteiger partial charge in [-0.1, -0.05) is 0 Å². The fraction of sp³-hybridized carbons (Fsp3) is 0.0909. The molecule has 3 rings (SSSR count). The molecule has 0 unspecified atom stereocenters. The lowest BCUT2D eigenvalue weighted by atomic mass is 10.2. The monoisotopic (exact) mass is 197 g/mol. The minimum Gasteiger partial charge on any atom is -0.361 e. The van der Waals surface area contributed by atoms with Crippen LogP contribution in [0.3, 0.4) is 0 Å². The maximum Gasteiger partial charge on any atom is 0.134 e. The van der Waals surface area contributed by atoms with E-state index in [0.29, 0.717) is 0 Å². The third kappa shape index (κ3) is 1.22. The smallest absolute Gasteiger partial charge is 0.134 e. The Morgan fingerprint density at radius 2 is 2.33 bits per heavy atom. The lowest BCUT2D eigenvalue weighted by Crippen LogP contribution is -1.94. The third-order valence-corrected chi connectivity index (χ3v) is 2.45.